The van der Waals surface area contributed by atoms with Crippen LogP contribution in [0.3, 0.4) is 0 Å². The highest BCUT2D eigenvalue weighted by atomic mass is 79.9. The van der Waals surface area contributed by atoms with Gasteiger partial charge in [-0.15, -0.1) is 0 Å². The third-order valence-corrected chi connectivity index (χ3v) is 7.66. The molecule has 216 valence electrons. The molecular formula is C25H20Br2Cl3F2N7O2. The van der Waals surface area contributed by atoms with E-state index < -0.39 is 11.6 Å². The maximum absolute atomic E-state index is 13.2. The molecule has 0 amide bonds. The van der Waals surface area contributed by atoms with Gasteiger partial charge >= 0.3 is 0 Å². The summed E-state index contributed by atoms with van der Waals surface area (Å²) in [5, 5.41) is 15.5. The fourth-order valence-electron chi connectivity index (χ4n) is 3.47. The summed E-state index contributed by atoms with van der Waals surface area (Å²) in [6.45, 7) is 1.66. The van der Waals surface area contributed by atoms with Crippen LogP contribution in [0.2, 0.25) is 15.2 Å². The van der Waals surface area contributed by atoms with Crippen molar-refractivity contribution in [1.29, 1.82) is 0 Å². The standard InChI is InChI=1S/C15H15BrClFN4O2.C10H5BrCl2FN3/c16-11-6-19-15(20-9-1-2-13(18)12(17)5-9)21-14(11)22-3-4-24-10(7-22)8-23;11-6-4-15-10(17-9(6)13)16-5-1-2-8(14)7(12)3-5/h1-2,5-6,10,23H,3-4,7-8H2,(H,19,20,21);1-4H,(H,15,16,17). The van der Waals surface area contributed by atoms with Crippen molar-refractivity contribution in [2.75, 3.05) is 41.8 Å². The van der Waals surface area contributed by atoms with Gasteiger partial charge in [0.2, 0.25) is 11.9 Å². The average molecular weight is 755 g/mol. The molecule has 1 fully saturated rings. The second kappa shape index (κ2) is 14.7. The molecule has 2 aromatic heterocycles. The molecule has 1 aliphatic heterocycles. The molecular weight excluding hydrogens is 734 g/mol. The topological polar surface area (TPSA) is 108 Å². The molecule has 5 rings (SSSR count). The van der Waals surface area contributed by atoms with E-state index in [2.05, 4.69) is 62.4 Å². The van der Waals surface area contributed by atoms with Crippen molar-refractivity contribution in [2.24, 2.45) is 0 Å². The minimum Gasteiger partial charge on any atom is -0.394 e. The molecule has 1 saturated heterocycles. The Labute approximate surface area is 265 Å². The molecule has 0 aliphatic carbocycles. The Morgan fingerprint density at radius 3 is 2.00 bits per heavy atom. The second-order valence-corrected chi connectivity index (χ2v) is 11.2. The zero-order chi connectivity index (χ0) is 29.5. The molecule has 1 atom stereocenters. The van der Waals surface area contributed by atoms with E-state index in [9.17, 15) is 13.9 Å². The minimum absolute atomic E-state index is 0.0244. The van der Waals surface area contributed by atoms with Crippen molar-refractivity contribution in [3.63, 3.8) is 0 Å². The van der Waals surface area contributed by atoms with Crippen LogP contribution >= 0.6 is 66.7 Å². The number of hydrogen-bond acceptors (Lipinski definition) is 9. The largest absolute Gasteiger partial charge is 0.394 e. The summed E-state index contributed by atoms with van der Waals surface area (Å²) in [6.07, 6.45) is 2.91. The monoisotopic (exact) mass is 751 g/mol. The van der Waals surface area contributed by atoms with E-state index in [0.717, 1.165) is 4.47 Å². The summed E-state index contributed by atoms with van der Waals surface area (Å²) >= 11 is 23.9. The van der Waals surface area contributed by atoms with Crippen LogP contribution in [-0.4, -0.2) is 57.4 Å². The Morgan fingerprint density at radius 1 is 0.902 bits per heavy atom. The van der Waals surface area contributed by atoms with Crippen LogP contribution < -0.4 is 15.5 Å². The van der Waals surface area contributed by atoms with E-state index in [1.807, 2.05) is 4.90 Å². The molecule has 1 unspecified atom stereocenters. The van der Waals surface area contributed by atoms with Crippen molar-refractivity contribution in [3.8, 4) is 0 Å². The van der Waals surface area contributed by atoms with Gasteiger partial charge in [0, 0.05) is 36.9 Å². The third kappa shape index (κ3) is 8.80. The van der Waals surface area contributed by atoms with E-state index in [-0.39, 0.29) is 27.9 Å². The fourth-order valence-corrected chi connectivity index (χ4v) is 4.60. The maximum atomic E-state index is 13.2. The van der Waals surface area contributed by atoms with E-state index in [1.54, 1.807) is 12.3 Å². The van der Waals surface area contributed by atoms with E-state index in [1.165, 1.54) is 36.5 Å². The van der Waals surface area contributed by atoms with Gasteiger partial charge in [0.25, 0.3) is 0 Å². The quantitative estimate of drug-likeness (QED) is 0.174. The summed E-state index contributed by atoms with van der Waals surface area (Å²) in [5.41, 5.74) is 1.17. The van der Waals surface area contributed by atoms with Gasteiger partial charge in [0.1, 0.15) is 22.6 Å². The Balaban J connectivity index is 0.000000201. The SMILES string of the molecule is Fc1ccc(Nc2ncc(Br)c(Cl)n2)cc1Cl.OCC1CN(c2nc(Nc3ccc(F)c(Cl)c3)ncc2Br)CCO1. The van der Waals surface area contributed by atoms with Crippen LogP contribution in [0.5, 0.6) is 0 Å². The maximum Gasteiger partial charge on any atom is 0.229 e. The summed E-state index contributed by atoms with van der Waals surface area (Å²) < 4.78 is 33.0. The molecule has 0 bridgehead atoms. The highest BCUT2D eigenvalue weighted by Gasteiger charge is 2.23. The van der Waals surface area contributed by atoms with Crippen LogP contribution in [0.25, 0.3) is 0 Å². The van der Waals surface area contributed by atoms with Gasteiger partial charge in [0.15, 0.2) is 0 Å². The number of aromatic nitrogens is 4. The number of anilines is 5. The zero-order valence-electron chi connectivity index (χ0n) is 20.8. The van der Waals surface area contributed by atoms with E-state index >= 15 is 0 Å². The molecule has 0 saturated carbocycles. The van der Waals surface area contributed by atoms with Crippen LogP contribution in [-0.2, 0) is 4.74 Å². The van der Waals surface area contributed by atoms with Gasteiger partial charge in [-0.1, -0.05) is 34.8 Å². The van der Waals surface area contributed by atoms with E-state index in [0.29, 0.717) is 53.3 Å². The predicted octanol–water partition coefficient (Wildman–Crippen LogP) is 7.40. The average Bonchev–Trinajstić information content (AvgIpc) is 2.96. The van der Waals surface area contributed by atoms with Gasteiger partial charge in [-0.25, -0.2) is 18.7 Å². The van der Waals surface area contributed by atoms with Gasteiger partial charge in [0.05, 0.1) is 38.3 Å². The first kappa shape index (κ1) is 31.5. The van der Waals surface area contributed by atoms with Crippen molar-refractivity contribution < 1.29 is 18.6 Å². The molecule has 1 aliphatic rings. The lowest BCUT2D eigenvalue weighted by atomic mass is 10.3. The number of hydrogen-bond donors (Lipinski definition) is 3. The number of aliphatic hydroxyl groups excluding tert-OH is 1. The normalized spacial score (nSPS) is 14.7. The molecule has 2 aromatic carbocycles. The molecule has 9 nitrogen and oxygen atoms in total. The Morgan fingerprint density at radius 2 is 1.46 bits per heavy atom. The second-order valence-electron chi connectivity index (χ2n) is 8.33. The highest BCUT2D eigenvalue weighted by Crippen LogP contribution is 2.28. The minimum atomic E-state index is -0.483. The molecule has 4 aromatic rings. The summed E-state index contributed by atoms with van der Waals surface area (Å²) in [4.78, 5) is 18.7. The number of halogens is 7. The predicted molar refractivity (Wildman–Crippen MR) is 163 cm³/mol. The molecule has 0 spiro atoms. The smallest absolute Gasteiger partial charge is 0.229 e. The Kier molecular flexibility index (Phi) is 11.3. The summed E-state index contributed by atoms with van der Waals surface area (Å²) in [6, 6.07) is 8.53. The molecule has 0 radical (unpaired) electrons. The number of nitrogens with one attached hydrogen (secondary N) is 2. The molecule has 3 N–H and O–H groups in total. The van der Waals surface area contributed by atoms with Crippen LogP contribution in [0.1, 0.15) is 0 Å². The molecule has 41 heavy (non-hydrogen) atoms. The lowest BCUT2D eigenvalue weighted by molar-refractivity contribution is 0.00332. The van der Waals surface area contributed by atoms with Gasteiger partial charge in [-0.05, 0) is 68.3 Å². The Hall–Kier alpha value is -2.39. The number of morpholine rings is 1. The van der Waals surface area contributed by atoms with Crippen molar-refractivity contribution >= 4 is 95.8 Å². The van der Waals surface area contributed by atoms with Crippen molar-refractivity contribution in [3.05, 3.63) is 84.6 Å². The molecule has 16 heteroatoms. The number of aliphatic hydroxyl groups is 1. The van der Waals surface area contributed by atoms with Crippen LogP contribution in [0.15, 0.2) is 57.7 Å². The number of rotatable bonds is 6. The number of ether oxygens (including phenoxy) is 1. The first-order valence-electron chi connectivity index (χ1n) is 11.7. The van der Waals surface area contributed by atoms with Crippen LogP contribution in [0, 0.1) is 11.6 Å². The lowest BCUT2D eigenvalue weighted by Gasteiger charge is -2.33. The van der Waals surface area contributed by atoms with Crippen LogP contribution in [0.4, 0.5) is 37.9 Å². The fraction of sp³-hybridized carbons (Fsp3) is 0.200. The number of benzene rings is 2. The summed E-state index contributed by atoms with van der Waals surface area (Å²) in [7, 11) is 0. The first-order valence-corrected chi connectivity index (χ1v) is 14.5. The highest BCUT2D eigenvalue weighted by molar-refractivity contribution is 9.11. The van der Waals surface area contributed by atoms with Crippen molar-refractivity contribution in [1.82, 2.24) is 19.9 Å². The summed E-state index contributed by atoms with van der Waals surface area (Å²) in [5.74, 6) is 0.404. The zero-order valence-corrected chi connectivity index (χ0v) is 26.2. The van der Waals surface area contributed by atoms with Gasteiger partial charge < -0.3 is 25.4 Å². The first-order chi connectivity index (χ1) is 19.6. The molecule has 3 heterocycles. The lowest BCUT2D eigenvalue weighted by Crippen LogP contribution is -2.44. The van der Waals surface area contributed by atoms with Crippen molar-refractivity contribution in [2.45, 2.75) is 6.10 Å². The van der Waals surface area contributed by atoms with Gasteiger partial charge in [-0.3, -0.25) is 0 Å². The Bertz CT molecular complexity index is 1480. The third-order valence-electron chi connectivity index (χ3n) is 5.42. The van der Waals surface area contributed by atoms with Gasteiger partial charge in [-0.2, -0.15) is 9.97 Å². The van der Waals surface area contributed by atoms with E-state index in [4.69, 9.17) is 39.5 Å². The number of nitrogens with zero attached hydrogens (tertiary/aromatic N) is 5.